The lowest BCUT2D eigenvalue weighted by atomic mass is 10.1. The van der Waals surface area contributed by atoms with Gasteiger partial charge >= 0.3 is 0 Å². The van der Waals surface area contributed by atoms with Crippen LogP contribution in [0.25, 0.3) is 10.6 Å². The van der Waals surface area contributed by atoms with Crippen LogP contribution in [0.1, 0.15) is 11.3 Å². The first kappa shape index (κ1) is 18.2. The number of ether oxygens (including phenoxy) is 1. The molecule has 2 heterocycles. The summed E-state index contributed by atoms with van der Waals surface area (Å²) in [4.78, 5) is 30.7. The molecule has 7 heteroatoms. The van der Waals surface area contributed by atoms with E-state index in [0.29, 0.717) is 18.0 Å². The first-order valence-electron chi connectivity index (χ1n) is 8.90. The zero-order valence-electron chi connectivity index (χ0n) is 15.3. The van der Waals surface area contributed by atoms with Gasteiger partial charge in [0.1, 0.15) is 17.3 Å². The Morgan fingerprint density at radius 3 is 2.89 bits per heavy atom. The average molecular weight is 393 g/mol. The number of thiazole rings is 1. The topological polar surface area (TPSA) is 71.5 Å². The Balaban J connectivity index is 1.40. The van der Waals surface area contributed by atoms with Crippen LogP contribution in [0.3, 0.4) is 0 Å². The summed E-state index contributed by atoms with van der Waals surface area (Å²) in [6, 6.07) is 15.5. The molecule has 0 radical (unpaired) electrons. The van der Waals surface area contributed by atoms with Crippen molar-refractivity contribution >= 4 is 28.8 Å². The fourth-order valence-corrected chi connectivity index (χ4v) is 3.80. The number of aromatic nitrogens is 1. The van der Waals surface area contributed by atoms with Gasteiger partial charge in [-0.15, -0.1) is 11.3 Å². The van der Waals surface area contributed by atoms with Crippen molar-refractivity contribution < 1.29 is 14.3 Å². The third-order valence-electron chi connectivity index (χ3n) is 4.40. The number of carbonyl (C=O) groups excluding carboxylic acids is 2. The third kappa shape index (κ3) is 3.89. The number of carbonyl (C=O) groups is 2. The van der Waals surface area contributed by atoms with Gasteiger partial charge in [-0.05, 0) is 24.6 Å². The predicted octanol–water partition coefficient (Wildman–Crippen LogP) is 3.16. The molecule has 1 aliphatic rings. The van der Waals surface area contributed by atoms with E-state index in [2.05, 4.69) is 10.3 Å². The molecule has 1 aliphatic heterocycles. The second kappa shape index (κ2) is 7.82. The Morgan fingerprint density at radius 2 is 2.07 bits per heavy atom. The van der Waals surface area contributed by atoms with Crippen LogP contribution in [0.15, 0.2) is 53.9 Å². The summed E-state index contributed by atoms with van der Waals surface area (Å²) in [6.45, 7) is 2.15. The highest BCUT2D eigenvalue weighted by molar-refractivity contribution is 7.13. The molecule has 1 aromatic heterocycles. The van der Waals surface area contributed by atoms with Gasteiger partial charge in [0, 0.05) is 10.9 Å². The predicted molar refractivity (Wildman–Crippen MR) is 108 cm³/mol. The van der Waals surface area contributed by atoms with Crippen molar-refractivity contribution in [3.05, 3.63) is 65.2 Å². The molecule has 0 fully saturated rings. The molecule has 0 aliphatic carbocycles. The minimum Gasteiger partial charge on any atom is -0.482 e. The van der Waals surface area contributed by atoms with Crippen LogP contribution in [0, 0.1) is 6.92 Å². The van der Waals surface area contributed by atoms with Gasteiger partial charge in [-0.25, -0.2) is 4.98 Å². The van der Waals surface area contributed by atoms with Gasteiger partial charge < -0.3 is 10.1 Å². The Morgan fingerprint density at radius 1 is 1.25 bits per heavy atom. The van der Waals surface area contributed by atoms with Crippen molar-refractivity contribution in [3.63, 3.8) is 0 Å². The molecule has 1 N–H and O–H groups in total. The highest BCUT2D eigenvalue weighted by Crippen LogP contribution is 2.32. The molecule has 28 heavy (non-hydrogen) atoms. The number of hydrogen-bond acceptors (Lipinski definition) is 5. The van der Waals surface area contributed by atoms with Crippen molar-refractivity contribution in [1.29, 1.82) is 0 Å². The Hall–Kier alpha value is -3.19. The van der Waals surface area contributed by atoms with Crippen molar-refractivity contribution in [3.8, 4) is 16.3 Å². The summed E-state index contributed by atoms with van der Waals surface area (Å²) in [5, 5.41) is 5.69. The fourth-order valence-electron chi connectivity index (χ4n) is 2.98. The van der Waals surface area contributed by atoms with Crippen molar-refractivity contribution in [2.24, 2.45) is 0 Å². The maximum absolute atomic E-state index is 12.4. The van der Waals surface area contributed by atoms with Gasteiger partial charge in [0.25, 0.3) is 5.91 Å². The van der Waals surface area contributed by atoms with Crippen molar-refractivity contribution in [1.82, 2.24) is 10.3 Å². The number of hydrogen-bond donors (Lipinski definition) is 1. The number of amides is 2. The molecule has 0 saturated heterocycles. The molecule has 0 unspecified atom stereocenters. The molecular formula is C21H19N3O3S. The molecule has 0 bridgehead atoms. The number of nitrogens with one attached hydrogen (secondary N) is 1. The molecule has 0 spiro atoms. The Labute approximate surface area is 166 Å². The molecule has 142 valence electrons. The smallest absolute Gasteiger partial charge is 0.265 e. The van der Waals surface area contributed by atoms with Crippen LogP contribution in [-0.4, -0.2) is 29.9 Å². The largest absolute Gasteiger partial charge is 0.482 e. The zero-order chi connectivity index (χ0) is 19.5. The van der Waals surface area contributed by atoms with Crippen LogP contribution in [0.2, 0.25) is 0 Å². The summed E-state index contributed by atoms with van der Waals surface area (Å²) < 4.78 is 5.45. The van der Waals surface area contributed by atoms with Gasteiger partial charge in [0.2, 0.25) is 5.91 Å². The van der Waals surface area contributed by atoms with E-state index < -0.39 is 0 Å². The second-order valence-electron chi connectivity index (χ2n) is 6.53. The van der Waals surface area contributed by atoms with E-state index in [9.17, 15) is 9.59 Å². The summed E-state index contributed by atoms with van der Waals surface area (Å²) in [6.07, 6.45) is 0. The van der Waals surface area contributed by atoms with Crippen molar-refractivity contribution in [2.75, 3.05) is 18.1 Å². The molecule has 6 nitrogen and oxygen atoms in total. The van der Waals surface area contributed by atoms with E-state index in [1.54, 1.807) is 0 Å². The molecule has 0 saturated carbocycles. The molecule has 0 atom stereocenters. The zero-order valence-corrected chi connectivity index (χ0v) is 16.2. The summed E-state index contributed by atoms with van der Waals surface area (Å²) in [5.74, 6) is 0.148. The minimum absolute atomic E-state index is 0.0473. The lowest BCUT2D eigenvalue weighted by molar-refractivity contribution is -0.125. The monoisotopic (exact) mass is 393 g/mol. The van der Waals surface area contributed by atoms with E-state index in [4.69, 9.17) is 4.74 Å². The number of nitrogens with zero attached hydrogens (tertiary/aromatic N) is 2. The third-order valence-corrected chi connectivity index (χ3v) is 5.34. The molecule has 3 aromatic rings. The van der Waals surface area contributed by atoms with E-state index in [0.717, 1.165) is 21.8 Å². The normalized spacial score (nSPS) is 13.0. The lowest BCUT2D eigenvalue weighted by Gasteiger charge is -2.29. The van der Waals surface area contributed by atoms with E-state index in [-0.39, 0.29) is 25.0 Å². The van der Waals surface area contributed by atoms with Crippen LogP contribution >= 0.6 is 11.3 Å². The number of aryl methyl sites for hydroxylation is 1. The average Bonchev–Trinajstić information content (AvgIpc) is 3.18. The van der Waals surface area contributed by atoms with E-state index >= 15 is 0 Å². The van der Waals surface area contributed by atoms with Gasteiger partial charge in [0.05, 0.1) is 17.9 Å². The van der Waals surface area contributed by atoms with Crippen LogP contribution in [-0.2, 0) is 16.1 Å². The van der Waals surface area contributed by atoms with Gasteiger partial charge in [-0.1, -0.05) is 36.4 Å². The van der Waals surface area contributed by atoms with Crippen LogP contribution in [0.4, 0.5) is 5.69 Å². The summed E-state index contributed by atoms with van der Waals surface area (Å²) in [7, 11) is 0. The van der Waals surface area contributed by atoms with E-state index in [1.807, 2.05) is 60.8 Å². The molecular weight excluding hydrogens is 374 g/mol. The van der Waals surface area contributed by atoms with Gasteiger partial charge in [-0.3, -0.25) is 14.5 Å². The summed E-state index contributed by atoms with van der Waals surface area (Å²) >= 11 is 1.54. The maximum Gasteiger partial charge on any atom is 0.265 e. The number of anilines is 1. The van der Waals surface area contributed by atoms with E-state index in [1.165, 1.54) is 16.2 Å². The molecule has 2 aromatic carbocycles. The first-order chi connectivity index (χ1) is 13.6. The van der Waals surface area contributed by atoms with Gasteiger partial charge in [-0.2, -0.15) is 0 Å². The highest BCUT2D eigenvalue weighted by Gasteiger charge is 2.27. The molecule has 4 rings (SSSR count). The highest BCUT2D eigenvalue weighted by atomic mass is 32.1. The summed E-state index contributed by atoms with van der Waals surface area (Å²) in [5.41, 5.74) is 3.47. The Bertz CT molecular complexity index is 1020. The first-order valence-corrected chi connectivity index (χ1v) is 9.78. The molecule has 2 amide bonds. The maximum atomic E-state index is 12.4. The number of fused-ring (bicyclic) bond motifs is 1. The quantitative estimate of drug-likeness (QED) is 0.723. The number of benzene rings is 2. The Kier molecular flexibility index (Phi) is 5.08. The second-order valence-corrected chi connectivity index (χ2v) is 7.38. The lowest BCUT2D eigenvalue weighted by Crippen LogP contribution is -2.45. The SMILES string of the molecule is Cc1ccc2c(c1)N(CC(=O)NCc1csc(-c3ccccc3)n1)C(=O)CO2. The van der Waals surface area contributed by atoms with Crippen LogP contribution in [0.5, 0.6) is 5.75 Å². The van der Waals surface area contributed by atoms with Gasteiger partial charge in [0.15, 0.2) is 6.61 Å². The fraction of sp³-hybridized carbons (Fsp3) is 0.190. The van der Waals surface area contributed by atoms with Crippen LogP contribution < -0.4 is 15.0 Å². The van der Waals surface area contributed by atoms with Crippen molar-refractivity contribution in [2.45, 2.75) is 13.5 Å². The number of rotatable bonds is 5. The standard InChI is InChI=1S/C21H19N3O3S/c1-14-7-8-18-17(9-14)24(20(26)12-27-18)11-19(25)22-10-16-13-28-21(23-16)15-5-3-2-4-6-15/h2-9,13H,10-12H2,1H3,(H,22,25). The minimum atomic E-state index is -0.239.